The average Bonchev–Trinajstić information content (AvgIpc) is 3.09. The van der Waals surface area contributed by atoms with Crippen LogP contribution in [0.15, 0.2) is 85.1 Å². The lowest BCUT2D eigenvalue weighted by molar-refractivity contribution is -0.870. The van der Waals surface area contributed by atoms with E-state index in [4.69, 9.17) is 9.05 Å². The first kappa shape index (κ1) is 49.7. The molecule has 0 aliphatic heterocycles. The molecule has 0 saturated heterocycles. The number of quaternary nitrogens is 1. The number of phosphoric ester groups is 1. The van der Waals surface area contributed by atoms with Gasteiger partial charge < -0.3 is 28.8 Å². The van der Waals surface area contributed by atoms with Crippen molar-refractivity contribution < 1.29 is 32.9 Å². The van der Waals surface area contributed by atoms with Crippen LogP contribution in [-0.4, -0.2) is 68.5 Å². The first-order valence-corrected chi connectivity index (χ1v) is 21.4. The van der Waals surface area contributed by atoms with Gasteiger partial charge in [0, 0.05) is 6.42 Å². The van der Waals surface area contributed by atoms with Gasteiger partial charge >= 0.3 is 0 Å². The lowest BCUT2D eigenvalue weighted by Gasteiger charge is -2.29. The van der Waals surface area contributed by atoms with Crippen molar-refractivity contribution in [1.29, 1.82) is 0 Å². The summed E-state index contributed by atoms with van der Waals surface area (Å²) in [6.45, 7) is 4.41. The van der Waals surface area contributed by atoms with E-state index in [9.17, 15) is 19.4 Å². The molecule has 0 aliphatic rings. The quantitative estimate of drug-likeness (QED) is 0.0294. The van der Waals surface area contributed by atoms with Crippen LogP contribution in [-0.2, 0) is 18.4 Å². The molecule has 3 unspecified atom stereocenters. The number of aliphatic hydroxyl groups is 1. The number of phosphoric acid groups is 1. The summed E-state index contributed by atoms with van der Waals surface area (Å²) in [6, 6.07) is -0.902. The fraction of sp³-hybridized carbons (Fsp3) is 0.651. The zero-order valence-electron chi connectivity index (χ0n) is 33.5. The largest absolute Gasteiger partial charge is 0.756 e. The average molecular weight is 747 g/mol. The smallest absolute Gasteiger partial charge is 0.268 e. The van der Waals surface area contributed by atoms with E-state index >= 15 is 0 Å². The third-order valence-corrected chi connectivity index (χ3v) is 9.08. The molecular weight excluding hydrogens is 671 g/mol. The van der Waals surface area contributed by atoms with Crippen LogP contribution in [0.25, 0.3) is 0 Å². The van der Waals surface area contributed by atoms with Gasteiger partial charge in [0.2, 0.25) is 5.91 Å². The number of amides is 1. The van der Waals surface area contributed by atoms with Gasteiger partial charge in [-0.05, 0) is 70.6 Å². The molecular formula is C43H75N2O6P. The summed E-state index contributed by atoms with van der Waals surface area (Å²) in [6.07, 6.45) is 46.5. The predicted molar refractivity (Wildman–Crippen MR) is 219 cm³/mol. The van der Waals surface area contributed by atoms with Crippen molar-refractivity contribution in [2.75, 3.05) is 40.9 Å². The van der Waals surface area contributed by atoms with Gasteiger partial charge in [0.1, 0.15) is 13.2 Å². The number of hydrogen-bond acceptors (Lipinski definition) is 6. The first-order chi connectivity index (χ1) is 25.0. The molecule has 0 fully saturated rings. The molecule has 0 heterocycles. The lowest BCUT2D eigenvalue weighted by Crippen LogP contribution is -2.45. The van der Waals surface area contributed by atoms with E-state index in [1.807, 2.05) is 27.2 Å². The fourth-order valence-corrected chi connectivity index (χ4v) is 5.64. The maximum Gasteiger partial charge on any atom is 0.268 e. The SMILES string of the molecule is CC/C=C\C/C=C\C/C=C\C/C=C\C/C=C\C/C=C\CCCCCCC(=O)NC(COP(=O)([O-])OCC[N+](C)(C)C)C(O)/C=C/CCCCCCC. The Kier molecular flexibility index (Phi) is 32.9. The molecule has 0 saturated carbocycles. The highest BCUT2D eigenvalue weighted by Crippen LogP contribution is 2.38. The maximum atomic E-state index is 12.7. The molecule has 0 bridgehead atoms. The van der Waals surface area contributed by atoms with Gasteiger partial charge in [0.15, 0.2) is 0 Å². The fourth-order valence-electron chi connectivity index (χ4n) is 4.92. The Hall–Kier alpha value is -2.32. The van der Waals surface area contributed by atoms with Crippen LogP contribution in [0.4, 0.5) is 0 Å². The standard InChI is InChI=1S/C43H75N2O6P/c1-6-8-10-12-14-15-16-17-18-19-20-21-22-23-24-25-26-27-28-29-31-33-35-37-43(47)44-41(42(46)36-34-32-30-13-11-9-7-2)40-51-52(48,49)50-39-38-45(3,4)5/h8,10,14-15,17-18,20-21,23-24,26-27,34,36,41-42,46H,6-7,9,11-13,16,19,22,25,28-33,35,37-40H2,1-5H3,(H-,44,47,48,49)/b10-8-,15-14-,18-17-,21-20-,24-23-,27-26-,36-34+. The third kappa shape index (κ3) is 36.1. The number of allylic oxidation sites excluding steroid dienone is 13. The summed E-state index contributed by atoms with van der Waals surface area (Å²) in [7, 11) is 1.22. The maximum absolute atomic E-state index is 12.7. The second-order valence-electron chi connectivity index (χ2n) is 14.3. The number of nitrogens with zero attached hydrogens (tertiary/aromatic N) is 1. The predicted octanol–water partition coefficient (Wildman–Crippen LogP) is 9.99. The molecule has 52 heavy (non-hydrogen) atoms. The molecule has 0 rings (SSSR count). The third-order valence-electron chi connectivity index (χ3n) is 8.11. The van der Waals surface area contributed by atoms with Gasteiger partial charge in [-0.25, -0.2) is 0 Å². The highest BCUT2D eigenvalue weighted by Gasteiger charge is 2.23. The summed E-state index contributed by atoms with van der Waals surface area (Å²) in [5, 5.41) is 13.6. The number of carbonyl (C=O) groups excluding carboxylic acids is 1. The lowest BCUT2D eigenvalue weighted by atomic mass is 10.1. The molecule has 1 amide bonds. The van der Waals surface area contributed by atoms with Crippen molar-refractivity contribution in [3.63, 3.8) is 0 Å². The minimum absolute atomic E-state index is 0.0120. The van der Waals surface area contributed by atoms with Gasteiger partial charge in [0.25, 0.3) is 7.82 Å². The topological polar surface area (TPSA) is 108 Å². The first-order valence-electron chi connectivity index (χ1n) is 19.9. The summed E-state index contributed by atoms with van der Waals surface area (Å²) >= 11 is 0. The normalized spacial score (nSPS) is 15.4. The van der Waals surface area contributed by atoms with E-state index in [2.05, 4.69) is 92.1 Å². The van der Waals surface area contributed by atoms with Crippen molar-refractivity contribution in [3.8, 4) is 0 Å². The van der Waals surface area contributed by atoms with Crippen molar-refractivity contribution in [2.24, 2.45) is 0 Å². The summed E-state index contributed by atoms with van der Waals surface area (Å²) in [5.41, 5.74) is 0. The number of unbranched alkanes of at least 4 members (excludes halogenated alkanes) is 9. The Balaban J connectivity index is 4.37. The number of rotatable bonds is 34. The second kappa shape index (κ2) is 34.4. The van der Waals surface area contributed by atoms with E-state index in [1.165, 1.54) is 19.3 Å². The van der Waals surface area contributed by atoms with Crippen molar-refractivity contribution in [1.82, 2.24) is 5.32 Å². The molecule has 0 aliphatic carbocycles. The van der Waals surface area contributed by atoms with Crippen LogP contribution in [0.3, 0.4) is 0 Å². The minimum atomic E-state index is -4.59. The van der Waals surface area contributed by atoms with E-state index in [1.54, 1.807) is 6.08 Å². The molecule has 0 radical (unpaired) electrons. The van der Waals surface area contributed by atoms with Crippen LogP contribution in [0, 0.1) is 0 Å². The van der Waals surface area contributed by atoms with Crippen LogP contribution >= 0.6 is 7.82 Å². The van der Waals surface area contributed by atoms with Gasteiger partial charge in [-0.2, -0.15) is 0 Å². The number of nitrogens with one attached hydrogen (secondary N) is 1. The zero-order valence-corrected chi connectivity index (χ0v) is 34.4. The molecule has 3 atom stereocenters. The van der Waals surface area contributed by atoms with Crippen molar-refractivity contribution in [3.05, 3.63) is 85.1 Å². The molecule has 0 aromatic heterocycles. The van der Waals surface area contributed by atoms with Crippen molar-refractivity contribution in [2.45, 2.75) is 142 Å². The Morgan fingerprint density at radius 3 is 1.69 bits per heavy atom. The number of hydrogen-bond donors (Lipinski definition) is 2. The molecule has 0 spiro atoms. The number of likely N-dealkylation sites (N-methyl/N-ethyl adjacent to an activating group) is 1. The van der Waals surface area contributed by atoms with E-state index in [0.29, 0.717) is 17.4 Å². The van der Waals surface area contributed by atoms with Gasteiger partial charge in [-0.15, -0.1) is 0 Å². The van der Waals surface area contributed by atoms with Crippen LogP contribution in [0.1, 0.15) is 129 Å². The highest BCUT2D eigenvalue weighted by molar-refractivity contribution is 7.45. The van der Waals surface area contributed by atoms with E-state index in [-0.39, 0.29) is 12.5 Å². The summed E-state index contributed by atoms with van der Waals surface area (Å²) in [4.78, 5) is 25.1. The van der Waals surface area contributed by atoms with E-state index in [0.717, 1.165) is 89.9 Å². The van der Waals surface area contributed by atoms with Gasteiger partial charge in [0.05, 0.1) is 39.9 Å². The Labute approximate surface area is 318 Å². The Morgan fingerprint density at radius 2 is 1.17 bits per heavy atom. The second-order valence-corrected chi connectivity index (χ2v) is 15.7. The Bertz CT molecular complexity index is 1120. The molecule has 9 heteroatoms. The van der Waals surface area contributed by atoms with Crippen LogP contribution < -0.4 is 10.2 Å². The highest BCUT2D eigenvalue weighted by atomic mass is 31.2. The van der Waals surface area contributed by atoms with Gasteiger partial charge in [-0.3, -0.25) is 9.36 Å². The minimum Gasteiger partial charge on any atom is -0.756 e. The zero-order chi connectivity index (χ0) is 38.6. The molecule has 298 valence electrons. The van der Waals surface area contributed by atoms with Crippen molar-refractivity contribution >= 4 is 13.7 Å². The Morgan fingerprint density at radius 1 is 0.692 bits per heavy atom. The van der Waals surface area contributed by atoms with Crippen LogP contribution in [0.5, 0.6) is 0 Å². The number of aliphatic hydroxyl groups excluding tert-OH is 1. The molecule has 2 N–H and O–H groups in total. The monoisotopic (exact) mass is 747 g/mol. The van der Waals surface area contributed by atoms with E-state index < -0.39 is 26.6 Å². The number of carbonyl (C=O) groups is 1. The van der Waals surface area contributed by atoms with Gasteiger partial charge in [-0.1, -0.05) is 137 Å². The molecule has 0 aromatic carbocycles. The molecule has 0 aromatic rings. The van der Waals surface area contributed by atoms with Crippen LogP contribution in [0.2, 0.25) is 0 Å². The molecule has 8 nitrogen and oxygen atoms in total. The summed E-state index contributed by atoms with van der Waals surface area (Å²) < 4.78 is 23.0. The summed E-state index contributed by atoms with van der Waals surface area (Å²) in [5.74, 6) is -0.232.